The number of benzene rings is 2. The first-order valence-electron chi connectivity index (χ1n) is 13.2. The lowest BCUT2D eigenvalue weighted by atomic mass is 9.72. The topological polar surface area (TPSA) is 67.4 Å². The number of piperidine rings is 1. The van der Waals surface area contributed by atoms with E-state index >= 15 is 0 Å². The van der Waals surface area contributed by atoms with E-state index in [1.807, 2.05) is 6.20 Å². The first kappa shape index (κ1) is 21.7. The number of nitrogens with two attached hydrogens (primary N) is 1. The molecule has 1 saturated carbocycles. The molecule has 7 rings (SSSR count). The Labute approximate surface area is 212 Å². The Bertz CT molecular complexity index is 1440. The highest BCUT2D eigenvalue weighted by Crippen LogP contribution is 2.40. The molecular weight excluding hydrogens is 442 g/mol. The second-order valence-corrected chi connectivity index (χ2v) is 10.7. The van der Waals surface area contributed by atoms with Crippen LogP contribution in [0, 0.1) is 0 Å². The zero-order valence-electron chi connectivity index (χ0n) is 20.5. The molecule has 2 N–H and O–H groups in total. The van der Waals surface area contributed by atoms with Crippen LogP contribution in [-0.2, 0) is 5.54 Å². The zero-order chi connectivity index (χ0) is 24.1. The van der Waals surface area contributed by atoms with E-state index < -0.39 is 0 Å². The molecule has 36 heavy (non-hydrogen) atoms. The highest BCUT2D eigenvalue weighted by molar-refractivity contribution is 5.92. The molecule has 4 aromatic rings. The maximum atomic E-state index is 6.58. The summed E-state index contributed by atoms with van der Waals surface area (Å²) in [7, 11) is 0. The lowest BCUT2D eigenvalue weighted by molar-refractivity contribution is 0.167. The Balaban J connectivity index is 1.32. The summed E-state index contributed by atoms with van der Waals surface area (Å²) in [6.45, 7) is 1.05. The van der Waals surface area contributed by atoms with Crippen molar-refractivity contribution in [2.45, 2.75) is 56.0 Å². The fourth-order valence-corrected chi connectivity index (χ4v) is 6.12. The molecule has 2 fully saturated rings. The molecule has 1 saturated heterocycles. The Morgan fingerprint density at radius 2 is 1.72 bits per heavy atom. The van der Waals surface area contributed by atoms with Gasteiger partial charge in [0, 0.05) is 34.8 Å². The van der Waals surface area contributed by atoms with Gasteiger partial charge in [-0.1, -0.05) is 54.6 Å². The molecule has 4 heterocycles. The second kappa shape index (κ2) is 8.52. The minimum Gasteiger partial charge on any atom is -0.321 e. The maximum absolute atomic E-state index is 6.58. The Morgan fingerprint density at radius 1 is 0.889 bits per heavy atom. The third-order valence-electron chi connectivity index (χ3n) is 8.44. The quantitative estimate of drug-likeness (QED) is 0.381. The smallest absolute Gasteiger partial charge is 0.0893 e. The molecule has 0 amide bonds. The van der Waals surface area contributed by atoms with Crippen LogP contribution in [0.15, 0.2) is 78.0 Å². The summed E-state index contributed by atoms with van der Waals surface area (Å²) in [5.41, 5.74) is 14.0. The van der Waals surface area contributed by atoms with E-state index in [0.29, 0.717) is 6.04 Å². The number of hydrazone groups is 1. The SMILES string of the molecule is NC1(c2ccc(-c3nc4cnc(C5C=NN6CCCCC56)cc4cc3-c3ccccc3)cc2)CCC1. The van der Waals surface area contributed by atoms with Crippen LogP contribution >= 0.6 is 0 Å². The predicted octanol–water partition coefficient (Wildman–Crippen LogP) is 6.24. The van der Waals surface area contributed by atoms with E-state index in [2.05, 4.69) is 78.0 Å². The predicted molar refractivity (Wildman–Crippen MR) is 146 cm³/mol. The lowest BCUT2D eigenvalue weighted by Gasteiger charge is -2.38. The number of hydrogen-bond acceptors (Lipinski definition) is 5. The molecule has 0 bridgehead atoms. The van der Waals surface area contributed by atoms with Crippen LogP contribution in [-0.4, -0.2) is 33.8 Å². The van der Waals surface area contributed by atoms with Crippen LogP contribution < -0.4 is 5.73 Å². The number of nitrogens with zero attached hydrogens (tertiary/aromatic N) is 4. The van der Waals surface area contributed by atoms with Crippen LogP contribution in [0.5, 0.6) is 0 Å². The van der Waals surface area contributed by atoms with Gasteiger partial charge in [0.05, 0.1) is 35.1 Å². The summed E-state index contributed by atoms with van der Waals surface area (Å²) in [5.74, 6) is 0.247. The molecule has 180 valence electrons. The third kappa shape index (κ3) is 3.61. The highest BCUT2D eigenvalue weighted by Gasteiger charge is 2.35. The average Bonchev–Trinajstić information content (AvgIpc) is 3.35. The molecule has 1 aliphatic carbocycles. The first-order valence-corrected chi connectivity index (χ1v) is 13.2. The van der Waals surface area contributed by atoms with Crippen molar-refractivity contribution in [3.8, 4) is 22.4 Å². The van der Waals surface area contributed by atoms with Gasteiger partial charge in [0.15, 0.2) is 0 Å². The van der Waals surface area contributed by atoms with Gasteiger partial charge in [0.25, 0.3) is 0 Å². The van der Waals surface area contributed by atoms with Crippen molar-refractivity contribution < 1.29 is 0 Å². The summed E-state index contributed by atoms with van der Waals surface area (Å²) in [4.78, 5) is 10.0. The van der Waals surface area contributed by atoms with Crippen molar-refractivity contribution in [2.24, 2.45) is 10.8 Å². The maximum Gasteiger partial charge on any atom is 0.0893 e. The van der Waals surface area contributed by atoms with Crippen molar-refractivity contribution in [3.63, 3.8) is 0 Å². The van der Waals surface area contributed by atoms with Crippen molar-refractivity contribution in [2.75, 3.05) is 6.54 Å². The summed E-state index contributed by atoms with van der Waals surface area (Å²) < 4.78 is 0. The Hall–Kier alpha value is -3.57. The van der Waals surface area contributed by atoms with Crippen LogP contribution in [0.1, 0.15) is 55.7 Å². The summed E-state index contributed by atoms with van der Waals surface area (Å²) in [6, 6.07) is 24.2. The van der Waals surface area contributed by atoms with Gasteiger partial charge in [-0.2, -0.15) is 5.10 Å². The standard InChI is InChI=1S/C31H31N5/c32-31(14-6-15-31)24-12-10-22(11-13-24)30-25(21-7-2-1-3-8-21)17-23-18-27(33-20-28(23)35-30)26-19-34-36-16-5-4-9-29(26)36/h1-3,7-8,10-13,17-20,26,29H,4-6,9,14-16,32H2. The Morgan fingerprint density at radius 3 is 2.50 bits per heavy atom. The van der Waals surface area contributed by atoms with Crippen LogP contribution in [0.4, 0.5) is 0 Å². The van der Waals surface area contributed by atoms with E-state index in [9.17, 15) is 0 Å². The lowest BCUT2D eigenvalue weighted by Crippen LogP contribution is -2.43. The molecule has 0 spiro atoms. The van der Waals surface area contributed by atoms with Gasteiger partial charge >= 0.3 is 0 Å². The van der Waals surface area contributed by atoms with Crippen LogP contribution in [0.2, 0.25) is 0 Å². The van der Waals surface area contributed by atoms with E-state index in [-0.39, 0.29) is 11.5 Å². The highest BCUT2D eigenvalue weighted by atomic mass is 15.5. The molecule has 3 aliphatic rings. The van der Waals surface area contributed by atoms with Crippen molar-refractivity contribution in [3.05, 3.63) is 84.2 Å². The van der Waals surface area contributed by atoms with E-state index in [0.717, 1.165) is 52.8 Å². The zero-order valence-corrected chi connectivity index (χ0v) is 20.5. The molecule has 2 unspecified atom stereocenters. The van der Waals surface area contributed by atoms with Crippen molar-refractivity contribution in [1.82, 2.24) is 15.0 Å². The van der Waals surface area contributed by atoms with Crippen molar-refractivity contribution in [1.29, 1.82) is 0 Å². The van der Waals surface area contributed by atoms with Gasteiger partial charge in [-0.25, -0.2) is 4.98 Å². The number of pyridine rings is 2. The summed E-state index contributed by atoms with van der Waals surface area (Å²) in [5, 5.41) is 8.07. The average molecular weight is 474 g/mol. The molecule has 0 radical (unpaired) electrons. The fraction of sp³-hybridized carbons (Fsp3) is 0.323. The Kier molecular flexibility index (Phi) is 5.14. The van der Waals surface area contributed by atoms with Gasteiger partial charge < -0.3 is 5.73 Å². The normalized spacial score (nSPS) is 22.4. The largest absolute Gasteiger partial charge is 0.321 e. The van der Waals surface area contributed by atoms with Gasteiger partial charge in [0.2, 0.25) is 0 Å². The number of fused-ring (bicyclic) bond motifs is 2. The fourth-order valence-electron chi connectivity index (χ4n) is 6.12. The molecule has 2 atom stereocenters. The molecule has 2 aromatic heterocycles. The molecule has 2 aliphatic heterocycles. The number of aromatic nitrogens is 2. The van der Waals surface area contributed by atoms with Gasteiger partial charge in [-0.05, 0) is 61.8 Å². The second-order valence-electron chi connectivity index (χ2n) is 10.7. The first-order chi connectivity index (χ1) is 17.7. The molecular formula is C31H31N5. The third-order valence-corrected chi connectivity index (χ3v) is 8.44. The minimum atomic E-state index is -0.157. The van der Waals surface area contributed by atoms with Crippen molar-refractivity contribution >= 4 is 17.1 Å². The molecule has 5 heteroatoms. The summed E-state index contributed by atoms with van der Waals surface area (Å²) in [6.07, 6.45) is 11.0. The molecule has 5 nitrogen and oxygen atoms in total. The van der Waals surface area contributed by atoms with E-state index in [1.54, 1.807) is 0 Å². The monoisotopic (exact) mass is 473 g/mol. The van der Waals surface area contributed by atoms with Gasteiger partial charge in [-0.3, -0.25) is 9.99 Å². The minimum absolute atomic E-state index is 0.157. The van der Waals surface area contributed by atoms with Crippen LogP contribution in [0.25, 0.3) is 33.3 Å². The van der Waals surface area contributed by atoms with Crippen LogP contribution in [0.3, 0.4) is 0 Å². The van der Waals surface area contributed by atoms with E-state index in [4.69, 9.17) is 20.8 Å². The number of rotatable bonds is 4. The number of hydrogen-bond donors (Lipinski definition) is 1. The van der Waals surface area contributed by atoms with Gasteiger partial charge in [0.1, 0.15) is 0 Å². The van der Waals surface area contributed by atoms with Gasteiger partial charge in [-0.15, -0.1) is 0 Å². The molecule has 2 aromatic carbocycles. The van der Waals surface area contributed by atoms with E-state index in [1.165, 1.54) is 36.8 Å². The summed E-state index contributed by atoms with van der Waals surface area (Å²) >= 11 is 0.